The summed E-state index contributed by atoms with van der Waals surface area (Å²) < 4.78 is 11.9. The first-order valence-electron chi connectivity index (χ1n) is 14.0. The first kappa shape index (κ1) is 30.4. The number of aromatic nitrogens is 3. The number of rotatable bonds is 8. The summed E-state index contributed by atoms with van der Waals surface area (Å²) in [6, 6.07) is 6.87. The van der Waals surface area contributed by atoms with Gasteiger partial charge in [-0.3, -0.25) is 10.1 Å². The number of ether oxygens (including phenoxy) is 2. The van der Waals surface area contributed by atoms with Crippen molar-refractivity contribution in [2.24, 2.45) is 0 Å². The number of benzene rings is 1. The molecule has 2 aliphatic heterocycles. The summed E-state index contributed by atoms with van der Waals surface area (Å²) in [5.41, 5.74) is 2.26. The lowest BCUT2D eigenvalue weighted by atomic mass is 9.91. The second-order valence-corrected chi connectivity index (χ2v) is 12.4. The third kappa shape index (κ3) is 6.20. The average Bonchev–Trinajstić information content (AvgIpc) is 3.22. The summed E-state index contributed by atoms with van der Waals surface area (Å²) in [4.78, 5) is 44.9. The topological polar surface area (TPSA) is 139 Å². The van der Waals surface area contributed by atoms with Crippen LogP contribution < -0.4 is 19.9 Å². The van der Waals surface area contributed by atoms with Gasteiger partial charge in [0.05, 0.1) is 35.2 Å². The van der Waals surface area contributed by atoms with Gasteiger partial charge in [-0.05, 0) is 49.0 Å². The van der Waals surface area contributed by atoms with Crippen molar-refractivity contribution < 1.29 is 19.2 Å². The highest BCUT2D eigenvalue weighted by Gasteiger charge is 2.40. The minimum Gasteiger partial charge on any atom is -0.494 e. The van der Waals surface area contributed by atoms with Crippen LogP contribution in [0.5, 0.6) is 5.75 Å². The zero-order chi connectivity index (χ0) is 31.1. The Kier molecular flexibility index (Phi) is 8.43. The maximum Gasteiger partial charge on any atom is 0.343 e. The van der Waals surface area contributed by atoms with E-state index in [1.165, 1.54) is 19.4 Å². The van der Waals surface area contributed by atoms with Gasteiger partial charge in [-0.25, -0.2) is 14.8 Å². The molecule has 1 aromatic carbocycles. The largest absolute Gasteiger partial charge is 0.494 e. The highest BCUT2D eigenvalue weighted by Crippen LogP contribution is 2.45. The van der Waals surface area contributed by atoms with Gasteiger partial charge in [0, 0.05) is 56.5 Å². The van der Waals surface area contributed by atoms with Crippen molar-refractivity contribution in [1.82, 2.24) is 19.9 Å². The number of esters is 1. The zero-order valence-corrected chi connectivity index (χ0v) is 26.6. The standard InChI is InChI=1S/C29H35BrN8O5/c1-17(2)43-27(39)18-15-31-28(34-26(18)37-16-29(3,4)25-20(37)7-8-24(30)33-25)32-19-13-22(38(40)41)21(14-23(19)42-6)36-11-9-35(5)10-12-36/h7-8,13-15,17H,9-12,16H2,1-6H3,(H,31,32,34). The number of nitrogens with one attached hydrogen (secondary N) is 1. The number of fused-ring (bicyclic) bond motifs is 1. The van der Waals surface area contributed by atoms with Crippen LogP contribution in [0.3, 0.4) is 0 Å². The van der Waals surface area contributed by atoms with Crippen molar-refractivity contribution in [2.75, 3.05) is 62.0 Å². The fraction of sp³-hybridized carbons (Fsp3) is 0.448. The van der Waals surface area contributed by atoms with Gasteiger partial charge in [-0.2, -0.15) is 4.98 Å². The molecule has 0 saturated carbocycles. The molecule has 0 atom stereocenters. The fourth-order valence-corrected chi connectivity index (χ4v) is 5.65. The van der Waals surface area contributed by atoms with E-state index in [9.17, 15) is 14.9 Å². The Morgan fingerprint density at radius 1 is 1.14 bits per heavy atom. The molecule has 1 fully saturated rings. The van der Waals surface area contributed by atoms with E-state index in [-0.39, 0.29) is 28.7 Å². The molecule has 43 heavy (non-hydrogen) atoms. The lowest BCUT2D eigenvalue weighted by Gasteiger charge is -2.34. The molecule has 4 heterocycles. The van der Waals surface area contributed by atoms with E-state index in [4.69, 9.17) is 19.4 Å². The molecule has 1 saturated heterocycles. The Morgan fingerprint density at radius 3 is 2.51 bits per heavy atom. The minimum absolute atomic E-state index is 0.0583. The SMILES string of the molecule is COc1cc(N2CCN(C)CC2)c([N+](=O)[O-])cc1Nc1ncc(C(=O)OC(C)C)c(N2CC(C)(C)c3nc(Br)ccc32)n1. The summed E-state index contributed by atoms with van der Waals surface area (Å²) in [6.45, 7) is 11.1. The van der Waals surface area contributed by atoms with E-state index in [0.29, 0.717) is 47.2 Å². The third-order valence-corrected chi connectivity index (χ3v) is 7.94. The molecule has 0 bridgehead atoms. The Labute approximate surface area is 258 Å². The van der Waals surface area contributed by atoms with E-state index in [0.717, 1.165) is 24.5 Å². The van der Waals surface area contributed by atoms with E-state index in [2.05, 4.69) is 45.0 Å². The molecule has 5 rings (SSSR count). The molecule has 1 N–H and O–H groups in total. The van der Waals surface area contributed by atoms with Crippen LogP contribution in [-0.2, 0) is 10.2 Å². The van der Waals surface area contributed by atoms with Crippen molar-refractivity contribution in [2.45, 2.75) is 39.2 Å². The zero-order valence-electron chi connectivity index (χ0n) is 25.0. The van der Waals surface area contributed by atoms with E-state index in [1.807, 2.05) is 29.0 Å². The first-order chi connectivity index (χ1) is 20.4. The average molecular weight is 656 g/mol. The van der Waals surface area contributed by atoms with E-state index >= 15 is 0 Å². The molecular formula is C29H35BrN8O5. The smallest absolute Gasteiger partial charge is 0.343 e. The predicted octanol–water partition coefficient (Wildman–Crippen LogP) is 5.04. The van der Waals surface area contributed by atoms with Crippen LogP contribution in [0.4, 0.5) is 34.5 Å². The molecule has 0 unspecified atom stereocenters. The molecule has 2 aromatic heterocycles. The Morgan fingerprint density at radius 2 is 1.86 bits per heavy atom. The number of nitrogens with zero attached hydrogens (tertiary/aromatic N) is 7. The lowest BCUT2D eigenvalue weighted by Crippen LogP contribution is -2.44. The quantitative estimate of drug-likeness (QED) is 0.151. The van der Waals surface area contributed by atoms with E-state index in [1.54, 1.807) is 19.9 Å². The molecule has 13 nitrogen and oxygen atoms in total. The van der Waals surface area contributed by atoms with Crippen molar-refractivity contribution in [1.29, 1.82) is 0 Å². The number of piperazine rings is 1. The second-order valence-electron chi connectivity index (χ2n) is 11.6. The summed E-state index contributed by atoms with van der Waals surface area (Å²) in [5.74, 6) is 0.307. The fourth-order valence-electron chi connectivity index (χ4n) is 5.34. The van der Waals surface area contributed by atoms with E-state index < -0.39 is 10.9 Å². The lowest BCUT2D eigenvalue weighted by molar-refractivity contribution is -0.384. The molecule has 0 aliphatic carbocycles. The monoisotopic (exact) mass is 654 g/mol. The van der Waals surface area contributed by atoms with Crippen LogP contribution in [0.2, 0.25) is 0 Å². The molecule has 228 valence electrons. The number of nitro groups is 1. The molecule has 3 aromatic rings. The highest BCUT2D eigenvalue weighted by atomic mass is 79.9. The number of carbonyl (C=O) groups excluding carboxylic acids is 1. The summed E-state index contributed by atoms with van der Waals surface area (Å²) in [6.07, 6.45) is 1.06. The molecule has 0 spiro atoms. The van der Waals surface area contributed by atoms with Gasteiger partial charge >= 0.3 is 5.97 Å². The van der Waals surface area contributed by atoms with Gasteiger partial charge in [0.15, 0.2) is 5.82 Å². The normalized spacial score (nSPS) is 16.3. The van der Waals surface area contributed by atoms with Crippen molar-refractivity contribution in [3.8, 4) is 5.75 Å². The van der Waals surface area contributed by atoms with Crippen LogP contribution in [-0.4, -0.2) is 83.7 Å². The Hall–Kier alpha value is -4.04. The van der Waals surface area contributed by atoms with Crippen molar-refractivity contribution >= 4 is 56.4 Å². The molecule has 0 radical (unpaired) electrons. The summed E-state index contributed by atoms with van der Waals surface area (Å²) >= 11 is 3.46. The van der Waals surface area contributed by atoms with Gasteiger partial charge in [0.25, 0.3) is 5.69 Å². The number of likely N-dealkylation sites (N-methyl/N-ethyl adjacent to an activating group) is 1. The molecule has 2 aliphatic rings. The number of halogens is 1. The molecule has 14 heteroatoms. The van der Waals surface area contributed by atoms with Gasteiger partial charge in [-0.1, -0.05) is 13.8 Å². The van der Waals surface area contributed by atoms with Crippen LogP contribution in [0, 0.1) is 10.1 Å². The predicted molar refractivity (Wildman–Crippen MR) is 167 cm³/mol. The number of anilines is 5. The maximum atomic E-state index is 13.2. The van der Waals surface area contributed by atoms with Gasteiger partial charge < -0.3 is 29.5 Å². The van der Waals surface area contributed by atoms with Crippen molar-refractivity contribution in [3.63, 3.8) is 0 Å². The number of methoxy groups -OCH3 is 1. The van der Waals surface area contributed by atoms with Crippen LogP contribution in [0.15, 0.2) is 35.1 Å². The number of nitro benzene ring substituents is 1. The third-order valence-electron chi connectivity index (χ3n) is 7.50. The second kappa shape index (κ2) is 11.9. The van der Waals surface area contributed by atoms with Crippen LogP contribution in [0.1, 0.15) is 43.7 Å². The van der Waals surface area contributed by atoms with Gasteiger partial charge in [0.2, 0.25) is 5.95 Å². The van der Waals surface area contributed by atoms with Gasteiger partial charge in [0.1, 0.15) is 21.6 Å². The summed E-state index contributed by atoms with van der Waals surface area (Å²) in [5, 5.41) is 15.3. The molecular weight excluding hydrogens is 620 g/mol. The first-order valence-corrected chi connectivity index (χ1v) is 14.8. The maximum absolute atomic E-state index is 13.2. The summed E-state index contributed by atoms with van der Waals surface area (Å²) in [7, 11) is 3.53. The number of carbonyl (C=O) groups is 1. The highest BCUT2D eigenvalue weighted by molar-refractivity contribution is 9.10. The molecule has 0 amide bonds. The minimum atomic E-state index is -0.558. The van der Waals surface area contributed by atoms with Crippen LogP contribution >= 0.6 is 15.9 Å². The van der Waals surface area contributed by atoms with Crippen LogP contribution in [0.25, 0.3) is 0 Å². The number of hydrogen-bond acceptors (Lipinski definition) is 12. The van der Waals surface area contributed by atoms with Gasteiger partial charge in [-0.15, -0.1) is 0 Å². The number of pyridine rings is 1. The number of hydrogen-bond donors (Lipinski definition) is 1. The van der Waals surface area contributed by atoms with Crippen molar-refractivity contribution in [3.05, 3.63) is 56.4 Å². The Balaban J connectivity index is 1.57. The Bertz CT molecular complexity index is 1560.